The molecule has 2 saturated heterocycles. The molecule has 2 aliphatic rings. The van der Waals surface area contributed by atoms with Crippen molar-refractivity contribution < 1.29 is 13.2 Å². The van der Waals surface area contributed by atoms with Crippen molar-refractivity contribution in [1.29, 1.82) is 0 Å². The van der Waals surface area contributed by atoms with Crippen LogP contribution in [0, 0.1) is 0 Å². The molecule has 120 valence electrons. The first-order valence-electron chi connectivity index (χ1n) is 7.84. The largest absolute Gasteiger partial charge is 0.353 e. The predicted octanol–water partition coefficient (Wildman–Crippen LogP) is 1.90. The Morgan fingerprint density at radius 1 is 1.14 bits per heavy atom. The summed E-state index contributed by atoms with van der Waals surface area (Å²) in [6.07, 6.45) is 4.23. The van der Waals surface area contributed by atoms with Gasteiger partial charge in [-0.15, -0.1) is 0 Å². The zero-order chi connectivity index (χ0) is 15.7. The highest BCUT2D eigenvalue weighted by molar-refractivity contribution is 7.89. The minimum Gasteiger partial charge on any atom is -0.353 e. The van der Waals surface area contributed by atoms with E-state index in [2.05, 4.69) is 5.32 Å². The van der Waals surface area contributed by atoms with E-state index in [1.165, 1.54) is 6.92 Å². The first kappa shape index (κ1) is 15.5. The van der Waals surface area contributed by atoms with Gasteiger partial charge in [0.25, 0.3) is 0 Å². The van der Waals surface area contributed by atoms with Crippen LogP contribution in [0.1, 0.15) is 39.0 Å². The summed E-state index contributed by atoms with van der Waals surface area (Å²) in [5.41, 5.74) is 0. The number of piperidine rings is 2. The maximum absolute atomic E-state index is 13.0. The monoisotopic (exact) mass is 322 g/mol. The first-order chi connectivity index (χ1) is 10.5. The Hall–Kier alpha value is -1.40. The number of nitrogens with one attached hydrogen (secondary N) is 1. The zero-order valence-electron chi connectivity index (χ0n) is 12.7. The Kier molecular flexibility index (Phi) is 4.23. The van der Waals surface area contributed by atoms with E-state index >= 15 is 0 Å². The maximum Gasteiger partial charge on any atom is 0.243 e. The van der Waals surface area contributed by atoms with E-state index in [9.17, 15) is 13.2 Å². The molecule has 1 amide bonds. The van der Waals surface area contributed by atoms with Crippen LogP contribution in [0.25, 0.3) is 0 Å². The fourth-order valence-corrected chi connectivity index (χ4v) is 5.76. The first-order valence-corrected chi connectivity index (χ1v) is 9.28. The quantitative estimate of drug-likeness (QED) is 0.924. The standard InChI is InChI=1S/C16H22N2O3S/c1-12(19)17-13-10-14-6-5-7-15(11-13)18(14)22(20,21)16-8-3-2-4-9-16/h2-4,8-9,13-15H,5-7,10-11H2,1H3,(H,17,19)/t13?,14-,15+. The van der Waals surface area contributed by atoms with Crippen LogP contribution in [0.3, 0.4) is 0 Å². The Morgan fingerprint density at radius 2 is 1.73 bits per heavy atom. The Morgan fingerprint density at radius 3 is 2.27 bits per heavy atom. The van der Waals surface area contributed by atoms with Gasteiger partial charge in [0.05, 0.1) is 4.90 Å². The molecule has 1 aromatic carbocycles. The molecular formula is C16H22N2O3S. The molecule has 0 spiro atoms. The second-order valence-electron chi connectivity index (χ2n) is 6.26. The molecule has 22 heavy (non-hydrogen) atoms. The number of carbonyl (C=O) groups is 1. The predicted molar refractivity (Wildman–Crippen MR) is 83.7 cm³/mol. The molecule has 2 bridgehead atoms. The van der Waals surface area contributed by atoms with Gasteiger partial charge in [0, 0.05) is 25.0 Å². The molecule has 1 N–H and O–H groups in total. The molecule has 3 atom stereocenters. The Balaban J connectivity index is 1.87. The topological polar surface area (TPSA) is 66.5 Å². The molecule has 2 aliphatic heterocycles. The lowest BCUT2D eigenvalue weighted by molar-refractivity contribution is -0.120. The normalized spacial score (nSPS) is 29.0. The minimum absolute atomic E-state index is 0.00504. The number of hydrogen-bond donors (Lipinski definition) is 1. The van der Waals surface area contributed by atoms with Crippen molar-refractivity contribution in [3.63, 3.8) is 0 Å². The van der Waals surface area contributed by atoms with Crippen molar-refractivity contribution in [2.75, 3.05) is 0 Å². The SMILES string of the molecule is CC(=O)NC1C[C@H]2CCC[C@@H](C1)N2S(=O)(=O)c1ccccc1. The molecule has 0 radical (unpaired) electrons. The Bertz CT molecular complexity index is 631. The molecule has 6 heteroatoms. The summed E-state index contributed by atoms with van der Waals surface area (Å²) in [4.78, 5) is 11.7. The van der Waals surface area contributed by atoms with Crippen molar-refractivity contribution >= 4 is 15.9 Å². The highest BCUT2D eigenvalue weighted by atomic mass is 32.2. The molecule has 0 aromatic heterocycles. The van der Waals surface area contributed by atoms with Crippen LogP contribution in [0.15, 0.2) is 35.2 Å². The van der Waals surface area contributed by atoms with E-state index in [-0.39, 0.29) is 24.0 Å². The smallest absolute Gasteiger partial charge is 0.243 e. The van der Waals surface area contributed by atoms with Gasteiger partial charge in [0.2, 0.25) is 15.9 Å². The van der Waals surface area contributed by atoms with Gasteiger partial charge in [-0.1, -0.05) is 24.6 Å². The number of sulfonamides is 1. The summed E-state index contributed by atoms with van der Waals surface area (Å²) in [6.45, 7) is 1.52. The van der Waals surface area contributed by atoms with Crippen LogP contribution in [0.2, 0.25) is 0 Å². The lowest BCUT2D eigenvalue weighted by Gasteiger charge is -2.47. The summed E-state index contributed by atoms with van der Waals surface area (Å²) in [7, 11) is -3.45. The number of benzene rings is 1. The second-order valence-corrected chi connectivity index (χ2v) is 8.10. The lowest BCUT2D eigenvalue weighted by Crippen LogP contribution is -2.58. The number of fused-ring (bicyclic) bond motifs is 2. The van der Waals surface area contributed by atoms with E-state index < -0.39 is 10.0 Å². The van der Waals surface area contributed by atoms with Gasteiger partial charge in [-0.25, -0.2) is 8.42 Å². The Labute approximate surface area is 131 Å². The highest BCUT2D eigenvalue weighted by Crippen LogP contribution is 2.38. The van der Waals surface area contributed by atoms with Crippen LogP contribution >= 0.6 is 0 Å². The summed E-state index contributed by atoms with van der Waals surface area (Å²) in [5.74, 6) is -0.0394. The van der Waals surface area contributed by atoms with Gasteiger partial charge >= 0.3 is 0 Å². The number of nitrogens with zero attached hydrogens (tertiary/aromatic N) is 1. The molecule has 2 fully saturated rings. The number of rotatable bonds is 3. The average Bonchev–Trinajstić information content (AvgIpc) is 2.46. The van der Waals surface area contributed by atoms with E-state index in [4.69, 9.17) is 0 Å². The molecule has 0 saturated carbocycles. The van der Waals surface area contributed by atoms with Gasteiger partial charge < -0.3 is 5.32 Å². The van der Waals surface area contributed by atoms with Crippen LogP contribution in [0.4, 0.5) is 0 Å². The number of carbonyl (C=O) groups excluding carboxylic acids is 1. The fraction of sp³-hybridized carbons (Fsp3) is 0.562. The van der Waals surface area contributed by atoms with Gasteiger partial charge in [0.15, 0.2) is 0 Å². The van der Waals surface area contributed by atoms with Gasteiger partial charge in [0.1, 0.15) is 0 Å². The summed E-state index contributed by atoms with van der Waals surface area (Å²) >= 11 is 0. The zero-order valence-corrected chi connectivity index (χ0v) is 13.6. The summed E-state index contributed by atoms with van der Waals surface area (Å²) < 4.78 is 27.6. The van der Waals surface area contributed by atoms with Crippen LogP contribution in [0.5, 0.6) is 0 Å². The van der Waals surface area contributed by atoms with Gasteiger partial charge in [-0.3, -0.25) is 4.79 Å². The van der Waals surface area contributed by atoms with Crippen molar-refractivity contribution in [2.24, 2.45) is 0 Å². The van der Waals surface area contributed by atoms with Crippen LogP contribution < -0.4 is 5.32 Å². The lowest BCUT2D eigenvalue weighted by atomic mass is 9.84. The van der Waals surface area contributed by atoms with Crippen molar-refractivity contribution in [1.82, 2.24) is 9.62 Å². The molecule has 0 aliphatic carbocycles. The number of hydrogen-bond acceptors (Lipinski definition) is 3. The molecule has 1 unspecified atom stereocenters. The molecule has 5 nitrogen and oxygen atoms in total. The summed E-state index contributed by atoms with van der Waals surface area (Å²) in [6, 6.07) is 8.73. The van der Waals surface area contributed by atoms with Crippen molar-refractivity contribution in [2.45, 2.75) is 62.0 Å². The fourth-order valence-electron chi connectivity index (χ4n) is 3.85. The van der Waals surface area contributed by atoms with E-state index in [1.54, 1.807) is 28.6 Å². The highest BCUT2D eigenvalue weighted by Gasteiger charge is 2.45. The number of amides is 1. The third kappa shape index (κ3) is 2.90. The van der Waals surface area contributed by atoms with Crippen LogP contribution in [-0.2, 0) is 14.8 Å². The second kappa shape index (κ2) is 6.01. The molecule has 1 aromatic rings. The molecular weight excluding hydrogens is 300 g/mol. The third-order valence-corrected chi connectivity index (χ3v) is 6.65. The van der Waals surface area contributed by atoms with Crippen LogP contribution in [-0.4, -0.2) is 36.8 Å². The van der Waals surface area contributed by atoms with E-state index in [0.29, 0.717) is 17.7 Å². The summed E-state index contributed by atoms with van der Waals surface area (Å²) in [5, 5.41) is 2.96. The molecule has 3 rings (SSSR count). The third-order valence-electron chi connectivity index (χ3n) is 4.63. The minimum atomic E-state index is -3.45. The average molecular weight is 322 g/mol. The van der Waals surface area contributed by atoms with Gasteiger partial charge in [-0.05, 0) is 37.8 Å². The van der Waals surface area contributed by atoms with Crippen molar-refractivity contribution in [3.05, 3.63) is 30.3 Å². The van der Waals surface area contributed by atoms with E-state index in [0.717, 1.165) is 19.3 Å². The van der Waals surface area contributed by atoms with Gasteiger partial charge in [-0.2, -0.15) is 4.31 Å². The maximum atomic E-state index is 13.0. The molecule has 2 heterocycles. The van der Waals surface area contributed by atoms with E-state index in [1.807, 2.05) is 6.07 Å². The van der Waals surface area contributed by atoms with Crippen molar-refractivity contribution in [3.8, 4) is 0 Å².